The van der Waals surface area contributed by atoms with Crippen LogP contribution in [0.25, 0.3) is 0 Å². The Morgan fingerprint density at radius 3 is 2.33 bits per heavy atom. The fourth-order valence-electron chi connectivity index (χ4n) is 4.20. The van der Waals surface area contributed by atoms with Gasteiger partial charge in [-0.15, -0.1) is 0 Å². The Balaban J connectivity index is 1.40. The summed E-state index contributed by atoms with van der Waals surface area (Å²) in [6, 6.07) is 5.45. The molecule has 2 amide bonds. The molecule has 3 rings (SSSR count). The molecule has 7 heteroatoms. The van der Waals surface area contributed by atoms with E-state index in [0.29, 0.717) is 44.0 Å². The molecule has 1 aliphatic carbocycles. The van der Waals surface area contributed by atoms with Crippen molar-refractivity contribution in [1.82, 2.24) is 10.2 Å². The molecule has 2 aliphatic rings. The van der Waals surface area contributed by atoms with Gasteiger partial charge in [-0.1, -0.05) is 19.3 Å². The molecule has 1 aliphatic heterocycles. The van der Waals surface area contributed by atoms with Crippen molar-refractivity contribution in [3.63, 3.8) is 0 Å². The van der Waals surface area contributed by atoms with Gasteiger partial charge in [-0.3, -0.25) is 14.4 Å². The van der Waals surface area contributed by atoms with Gasteiger partial charge in [-0.2, -0.15) is 0 Å². The summed E-state index contributed by atoms with van der Waals surface area (Å²) in [6.45, 7) is 3.10. The molecule has 6 nitrogen and oxygen atoms in total. The van der Waals surface area contributed by atoms with Crippen LogP contribution in [0.4, 0.5) is 4.39 Å². The molecule has 0 bridgehead atoms. The standard InChI is InChI=1S/C23H31FN2O4/c1-16(21(27)25-15-17-5-3-2-4-6-17)30-23(29)19-11-13-26(14-12-19)22(28)18-7-9-20(24)10-8-18/h7-10,16-17,19H,2-6,11-15H2,1H3,(H,25,27)/t16-/m0/s1. The Hall–Kier alpha value is -2.44. The number of carbonyl (C=O) groups is 3. The predicted molar refractivity (Wildman–Crippen MR) is 110 cm³/mol. The normalized spacial score (nSPS) is 19.2. The van der Waals surface area contributed by atoms with Gasteiger partial charge < -0.3 is 15.0 Å². The molecule has 0 unspecified atom stereocenters. The Morgan fingerprint density at radius 1 is 1.07 bits per heavy atom. The molecule has 1 atom stereocenters. The minimum Gasteiger partial charge on any atom is -0.452 e. The number of hydrogen-bond acceptors (Lipinski definition) is 4. The maximum absolute atomic E-state index is 13.0. The number of esters is 1. The van der Waals surface area contributed by atoms with E-state index in [0.717, 1.165) is 12.8 Å². The highest BCUT2D eigenvalue weighted by Crippen LogP contribution is 2.23. The van der Waals surface area contributed by atoms with Gasteiger partial charge in [0.15, 0.2) is 6.10 Å². The molecule has 1 heterocycles. The molecule has 2 fully saturated rings. The second-order valence-electron chi connectivity index (χ2n) is 8.40. The quantitative estimate of drug-likeness (QED) is 0.719. The molecule has 1 aromatic rings. The van der Waals surface area contributed by atoms with Crippen molar-refractivity contribution in [3.05, 3.63) is 35.6 Å². The topological polar surface area (TPSA) is 75.7 Å². The second-order valence-corrected chi connectivity index (χ2v) is 8.40. The third-order valence-corrected chi connectivity index (χ3v) is 6.16. The molecule has 1 N–H and O–H groups in total. The number of piperidine rings is 1. The summed E-state index contributed by atoms with van der Waals surface area (Å²) in [6.07, 6.45) is 6.14. The van der Waals surface area contributed by atoms with Crippen LogP contribution >= 0.6 is 0 Å². The molecular formula is C23H31FN2O4. The van der Waals surface area contributed by atoms with Crippen LogP contribution in [0.2, 0.25) is 0 Å². The second kappa shape index (κ2) is 10.5. The maximum atomic E-state index is 13.0. The van der Waals surface area contributed by atoms with Crippen molar-refractivity contribution in [2.45, 2.75) is 58.0 Å². The number of rotatable bonds is 6. The zero-order valence-corrected chi connectivity index (χ0v) is 17.6. The van der Waals surface area contributed by atoms with E-state index in [-0.39, 0.29) is 29.5 Å². The lowest BCUT2D eigenvalue weighted by Gasteiger charge is -2.31. The van der Waals surface area contributed by atoms with Gasteiger partial charge in [-0.25, -0.2) is 4.39 Å². The highest BCUT2D eigenvalue weighted by molar-refractivity contribution is 5.94. The number of amides is 2. The summed E-state index contributed by atoms with van der Waals surface area (Å²) in [5, 5.41) is 2.91. The lowest BCUT2D eigenvalue weighted by Crippen LogP contribution is -2.43. The first-order valence-electron chi connectivity index (χ1n) is 11.0. The third kappa shape index (κ3) is 6.03. The molecule has 1 saturated carbocycles. The van der Waals surface area contributed by atoms with Gasteiger partial charge in [0.2, 0.25) is 0 Å². The molecule has 164 valence electrons. The first-order valence-corrected chi connectivity index (χ1v) is 11.0. The van der Waals surface area contributed by atoms with Crippen LogP contribution in [0.3, 0.4) is 0 Å². The van der Waals surface area contributed by atoms with Gasteiger partial charge in [0.25, 0.3) is 11.8 Å². The van der Waals surface area contributed by atoms with E-state index in [1.165, 1.54) is 43.5 Å². The van der Waals surface area contributed by atoms with Crippen molar-refractivity contribution < 1.29 is 23.5 Å². The minimum atomic E-state index is -0.819. The number of halogens is 1. The number of benzene rings is 1. The lowest BCUT2D eigenvalue weighted by molar-refractivity contribution is -0.160. The van der Waals surface area contributed by atoms with Crippen LogP contribution in [0.5, 0.6) is 0 Å². The summed E-state index contributed by atoms with van der Waals surface area (Å²) in [5.41, 5.74) is 0.431. The Kier molecular flexibility index (Phi) is 7.82. The average molecular weight is 419 g/mol. The zero-order chi connectivity index (χ0) is 21.5. The number of likely N-dealkylation sites (tertiary alicyclic amines) is 1. The van der Waals surface area contributed by atoms with Crippen LogP contribution in [0.1, 0.15) is 62.2 Å². The van der Waals surface area contributed by atoms with Crippen molar-refractivity contribution in [3.8, 4) is 0 Å². The average Bonchev–Trinajstić information content (AvgIpc) is 2.78. The number of nitrogens with zero attached hydrogens (tertiary/aromatic N) is 1. The minimum absolute atomic E-state index is 0.169. The van der Waals surface area contributed by atoms with Crippen LogP contribution in [-0.2, 0) is 14.3 Å². The summed E-state index contributed by atoms with van der Waals surface area (Å²) in [4.78, 5) is 38.9. The molecule has 0 spiro atoms. The molecule has 1 aromatic carbocycles. The van der Waals surface area contributed by atoms with Crippen LogP contribution < -0.4 is 5.32 Å². The summed E-state index contributed by atoms with van der Waals surface area (Å²) >= 11 is 0. The first kappa shape index (κ1) is 22.2. The Bertz CT molecular complexity index is 738. The maximum Gasteiger partial charge on any atom is 0.309 e. The summed E-state index contributed by atoms with van der Waals surface area (Å²) in [7, 11) is 0. The van der Waals surface area contributed by atoms with Crippen molar-refractivity contribution in [2.75, 3.05) is 19.6 Å². The molecule has 1 saturated heterocycles. The smallest absolute Gasteiger partial charge is 0.309 e. The number of carbonyl (C=O) groups excluding carboxylic acids is 3. The molecular weight excluding hydrogens is 387 g/mol. The van der Waals surface area contributed by atoms with Gasteiger partial charge in [-0.05, 0) is 62.8 Å². The van der Waals surface area contributed by atoms with E-state index in [1.54, 1.807) is 11.8 Å². The number of hydrogen-bond donors (Lipinski definition) is 1. The number of nitrogens with one attached hydrogen (secondary N) is 1. The number of ether oxygens (including phenoxy) is 1. The largest absolute Gasteiger partial charge is 0.452 e. The monoisotopic (exact) mass is 418 g/mol. The summed E-state index contributed by atoms with van der Waals surface area (Å²) in [5.74, 6) is -0.992. The molecule has 0 radical (unpaired) electrons. The van der Waals surface area contributed by atoms with Crippen molar-refractivity contribution >= 4 is 17.8 Å². The van der Waals surface area contributed by atoms with E-state index >= 15 is 0 Å². The molecule has 0 aromatic heterocycles. The van der Waals surface area contributed by atoms with E-state index in [2.05, 4.69) is 5.32 Å². The van der Waals surface area contributed by atoms with Gasteiger partial charge in [0.1, 0.15) is 5.82 Å². The fraction of sp³-hybridized carbons (Fsp3) is 0.609. The van der Waals surface area contributed by atoms with Gasteiger partial charge in [0.05, 0.1) is 5.92 Å². The Labute approximate surface area is 177 Å². The fourth-order valence-corrected chi connectivity index (χ4v) is 4.20. The summed E-state index contributed by atoms with van der Waals surface area (Å²) < 4.78 is 18.4. The lowest BCUT2D eigenvalue weighted by atomic mass is 9.89. The third-order valence-electron chi connectivity index (χ3n) is 6.16. The Morgan fingerprint density at radius 2 is 1.70 bits per heavy atom. The highest BCUT2D eigenvalue weighted by atomic mass is 19.1. The first-order chi connectivity index (χ1) is 14.4. The highest BCUT2D eigenvalue weighted by Gasteiger charge is 2.31. The zero-order valence-electron chi connectivity index (χ0n) is 17.6. The van der Waals surface area contributed by atoms with E-state index in [1.807, 2.05) is 0 Å². The van der Waals surface area contributed by atoms with Crippen molar-refractivity contribution in [2.24, 2.45) is 11.8 Å². The van der Waals surface area contributed by atoms with Gasteiger partial charge >= 0.3 is 5.97 Å². The predicted octanol–water partition coefficient (Wildman–Crippen LogP) is 3.31. The van der Waals surface area contributed by atoms with Crippen LogP contribution in [0, 0.1) is 17.7 Å². The van der Waals surface area contributed by atoms with Crippen LogP contribution in [-0.4, -0.2) is 48.4 Å². The van der Waals surface area contributed by atoms with Crippen molar-refractivity contribution in [1.29, 1.82) is 0 Å². The van der Waals surface area contributed by atoms with E-state index < -0.39 is 6.10 Å². The van der Waals surface area contributed by atoms with E-state index in [4.69, 9.17) is 4.74 Å². The SMILES string of the molecule is C[C@H](OC(=O)C1CCN(C(=O)c2ccc(F)cc2)CC1)C(=O)NCC1CCCCC1. The van der Waals surface area contributed by atoms with Gasteiger partial charge in [0, 0.05) is 25.2 Å². The van der Waals surface area contributed by atoms with Crippen LogP contribution in [0.15, 0.2) is 24.3 Å². The van der Waals surface area contributed by atoms with E-state index in [9.17, 15) is 18.8 Å². The molecule has 30 heavy (non-hydrogen) atoms.